The third-order valence-electron chi connectivity index (χ3n) is 3.68. The Morgan fingerprint density at radius 3 is 2.30 bits per heavy atom. The Labute approximate surface area is 156 Å². The van der Waals surface area contributed by atoms with Crippen LogP contribution in [0.3, 0.4) is 0 Å². The standard InChI is InChI=1S/C18H19FN2O5S/c1-26-18(23)13-7-9-15(10-8-13)20-17(22)12-21(27(2,24)25)11-14-5-3-4-6-16(14)19/h3-10H,11-12H2,1-2H3,(H,20,22). The van der Waals surface area contributed by atoms with Crippen LogP contribution >= 0.6 is 0 Å². The number of nitrogens with one attached hydrogen (secondary N) is 1. The molecule has 0 bridgehead atoms. The fraction of sp³-hybridized carbons (Fsp3) is 0.222. The van der Waals surface area contributed by atoms with Gasteiger partial charge in [0.2, 0.25) is 15.9 Å². The number of sulfonamides is 1. The number of rotatable bonds is 7. The zero-order valence-electron chi connectivity index (χ0n) is 14.8. The van der Waals surface area contributed by atoms with E-state index in [9.17, 15) is 22.4 Å². The Balaban J connectivity index is 2.08. The van der Waals surface area contributed by atoms with Crippen molar-refractivity contribution in [2.24, 2.45) is 0 Å². The summed E-state index contributed by atoms with van der Waals surface area (Å²) in [5.74, 6) is -1.66. The molecular formula is C18H19FN2O5S. The van der Waals surface area contributed by atoms with E-state index in [0.717, 1.165) is 10.6 Å². The number of esters is 1. The summed E-state index contributed by atoms with van der Waals surface area (Å²) in [6, 6.07) is 11.7. The molecule has 2 aromatic carbocycles. The zero-order chi connectivity index (χ0) is 20.0. The predicted octanol–water partition coefficient (Wildman–Crippen LogP) is 2.01. The summed E-state index contributed by atoms with van der Waals surface area (Å²) in [6.07, 6.45) is 0.951. The Kier molecular flexibility index (Phi) is 6.65. The van der Waals surface area contributed by atoms with Gasteiger partial charge >= 0.3 is 5.97 Å². The van der Waals surface area contributed by atoms with Gasteiger partial charge in [-0.15, -0.1) is 0 Å². The molecule has 7 nitrogen and oxygen atoms in total. The molecule has 0 atom stereocenters. The lowest BCUT2D eigenvalue weighted by Crippen LogP contribution is -2.37. The number of methoxy groups -OCH3 is 1. The number of nitrogens with zero attached hydrogens (tertiary/aromatic N) is 1. The minimum absolute atomic E-state index is 0.165. The van der Waals surface area contributed by atoms with E-state index >= 15 is 0 Å². The largest absolute Gasteiger partial charge is 0.465 e. The highest BCUT2D eigenvalue weighted by Crippen LogP contribution is 2.14. The third-order valence-corrected chi connectivity index (χ3v) is 4.88. The zero-order valence-corrected chi connectivity index (χ0v) is 15.6. The summed E-state index contributed by atoms with van der Waals surface area (Å²) in [6.45, 7) is -0.744. The van der Waals surface area contributed by atoms with Crippen LogP contribution in [-0.4, -0.2) is 44.5 Å². The molecule has 0 aliphatic rings. The molecule has 2 rings (SSSR count). The van der Waals surface area contributed by atoms with E-state index in [2.05, 4.69) is 10.1 Å². The SMILES string of the molecule is COC(=O)c1ccc(NC(=O)CN(Cc2ccccc2F)S(C)(=O)=O)cc1. The number of anilines is 1. The molecule has 0 radical (unpaired) electrons. The number of benzene rings is 2. The van der Waals surface area contributed by atoms with Crippen LogP contribution in [0.1, 0.15) is 15.9 Å². The first-order valence-electron chi connectivity index (χ1n) is 7.87. The van der Waals surface area contributed by atoms with Crippen molar-refractivity contribution in [1.82, 2.24) is 4.31 Å². The van der Waals surface area contributed by atoms with Gasteiger partial charge in [0.05, 0.1) is 25.5 Å². The van der Waals surface area contributed by atoms with E-state index in [0.29, 0.717) is 11.3 Å². The smallest absolute Gasteiger partial charge is 0.337 e. The molecule has 0 aliphatic heterocycles. The van der Waals surface area contributed by atoms with E-state index < -0.39 is 34.3 Å². The number of hydrogen-bond donors (Lipinski definition) is 1. The minimum Gasteiger partial charge on any atom is -0.465 e. The second kappa shape index (κ2) is 8.74. The van der Waals surface area contributed by atoms with Gasteiger partial charge < -0.3 is 10.1 Å². The molecule has 0 aliphatic carbocycles. The van der Waals surface area contributed by atoms with E-state index in [1.807, 2.05) is 0 Å². The second-order valence-electron chi connectivity index (χ2n) is 5.74. The lowest BCUT2D eigenvalue weighted by molar-refractivity contribution is -0.116. The maximum absolute atomic E-state index is 13.8. The van der Waals surface area contributed by atoms with Crippen LogP contribution in [0.25, 0.3) is 0 Å². The van der Waals surface area contributed by atoms with Crippen molar-refractivity contribution in [2.45, 2.75) is 6.54 Å². The maximum atomic E-state index is 13.8. The van der Waals surface area contributed by atoms with Crippen LogP contribution in [0.15, 0.2) is 48.5 Å². The Hall–Kier alpha value is -2.78. The molecule has 1 amide bonds. The molecule has 144 valence electrons. The van der Waals surface area contributed by atoms with E-state index in [-0.39, 0.29) is 12.1 Å². The predicted molar refractivity (Wildman–Crippen MR) is 98.1 cm³/mol. The molecular weight excluding hydrogens is 375 g/mol. The summed E-state index contributed by atoms with van der Waals surface area (Å²) in [4.78, 5) is 23.6. The van der Waals surface area contributed by atoms with Crippen molar-refractivity contribution < 1.29 is 27.1 Å². The fourth-order valence-electron chi connectivity index (χ4n) is 2.28. The van der Waals surface area contributed by atoms with Gasteiger partial charge in [-0.3, -0.25) is 4.79 Å². The monoisotopic (exact) mass is 394 g/mol. The summed E-state index contributed by atoms with van der Waals surface area (Å²) < 4.78 is 43.2. The Bertz CT molecular complexity index is 929. The van der Waals surface area contributed by atoms with Crippen LogP contribution in [0, 0.1) is 5.82 Å². The molecule has 0 spiro atoms. The minimum atomic E-state index is -3.74. The number of hydrogen-bond acceptors (Lipinski definition) is 5. The quantitative estimate of drug-likeness (QED) is 0.725. The van der Waals surface area contributed by atoms with Gasteiger partial charge in [0, 0.05) is 17.8 Å². The van der Waals surface area contributed by atoms with Gasteiger partial charge in [0.1, 0.15) is 5.82 Å². The summed E-state index contributed by atoms with van der Waals surface area (Å²) in [7, 11) is -2.49. The number of carbonyl (C=O) groups is 2. The van der Waals surface area contributed by atoms with Gasteiger partial charge in [-0.2, -0.15) is 4.31 Å². The molecule has 0 saturated heterocycles. The van der Waals surface area contributed by atoms with Crippen LogP contribution in [-0.2, 0) is 26.1 Å². The molecule has 0 fully saturated rings. The average Bonchev–Trinajstić information content (AvgIpc) is 2.62. The topological polar surface area (TPSA) is 92.8 Å². The average molecular weight is 394 g/mol. The number of amides is 1. The highest BCUT2D eigenvalue weighted by atomic mass is 32.2. The van der Waals surface area contributed by atoms with Crippen LogP contribution in [0.4, 0.5) is 10.1 Å². The van der Waals surface area contributed by atoms with Crippen molar-refractivity contribution in [3.8, 4) is 0 Å². The number of ether oxygens (including phenoxy) is 1. The molecule has 27 heavy (non-hydrogen) atoms. The highest BCUT2D eigenvalue weighted by molar-refractivity contribution is 7.88. The van der Waals surface area contributed by atoms with Crippen molar-refractivity contribution >= 4 is 27.6 Å². The lowest BCUT2D eigenvalue weighted by atomic mass is 10.2. The van der Waals surface area contributed by atoms with Crippen LogP contribution in [0.2, 0.25) is 0 Å². The van der Waals surface area contributed by atoms with E-state index in [4.69, 9.17) is 0 Å². The third kappa shape index (κ3) is 5.87. The van der Waals surface area contributed by atoms with Crippen LogP contribution in [0.5, 0.6) is 0 Å². The molecule has 9 heteroatoms. The first kappa shape index (κ1) is 20.5. The summed E-state index contributed by atoms with van der Waals surface area (Å²) in [5, 5.41) is 2.54. The van der Waals surface area contributed by atoms with Gasteiger partial charge in [0.15, 0.2) is 0 Å². The van der Waals surface area contributed by atoms with E-state index in [1.165, 1.54) is 49.6 Å². The number of halogens is 1. The van der Waals surface area contributed by atoms with Crippen molar-refractivity contribution in [3.05, 3.63) is 65.5 Å². The van der Waals surface area contributed by atoms with Gasteiger partial charge in [-0.25, -0.2) is 17.6 Å². The first-order valence-corrected chi connectivity index (χ1v) is 9.72. The highest BCUT2D eigenvalue weighted by Gasteiger charge is 2.22. The Morgan fingerprint density at radius 1 is 1.11 bits per heavy atom. The molecule has 0 heterocycles. The van der Waals surface area contributed by atoms with Crippen molar-refractivity contribution in [2.75, 3.05) is 25.2 Å². The number of carbonyl (C=O) groups excluding carboxylic acids is 2. The first-order chi connectivity index (χ1) is 12.7. The van der Waals surface area contributed by atoms with Gasteiger partial charge in [-0.1, -0.05) is 18.2 Å². The second-order valence-corrected chi connectivity index (χ2v) is 7.72. The summed E-state index contributed by atoms with van der Waals surface area (Å²) >= 11 is 0. The fourth-order valence-corrected chi connectivity index (χ4v) is 3.00. The van der Waals surface area contributed by atoms with Crippen LogP contribution < -0.4 is 5.32 Å². The molecule has 0 unspecified atom stereocenters. The normalized spacial score (nSPS) is 11.3. The van der Waals surface area contributed by atoms with Crippen molar-refractivity contribution in [3.63, 3.8) is 0 Å². The lowest BCUT2D eigenvalue weighted by Gasteiger charge is -2.20. The van der Waals surface area contributed by atoms with Gasteiger partial charge in [0.25, 0.3) is 0 Å². The van der Waals surface area contributed by atoms with Gasteiger partial charge in [-0.05, 0) is 30.3 Å². The molecule has 0 aromatic heterocycles. The van der Waals surface area contributed by atoms with E-state index in [1.54, 1.807) is 6.07 Å². The summed E-state index contributed by atoms with van der Waals surface area (Å²) in [5.41, 5.74) is 0.859. The molecule has 2 aromatic rings. The van der Waals surface area contributed by atoms with Crippen molar-refractivity contribution in [1.29, 1.82) is 0 Å². The molecule has 0 saturated carbocycles. The Morgan fingerprint density at radius 2 is 1.74 bits per heavy atom. The molecule has 1 N–H and O–H groups in total. The maximum Gasteiger partial charge on any atom is 0.337 e.